The van der Waals surface area contributed by atoms with E-state index in [1.807, 2.05) is 46.7 Å². The first-order valence-electron chi connectivity index (χ1n) is 8.04. The Kier molecular flexibility index (Phi) is 5.27. The van der Waals surface area contributed by atoms with Crippen LogP contribution < -0.4 is 5.32 Å². The van der Waals surface area contributed by atoms with Crippen LogP contribution in [0.1, 0.15) is 9.67 Å². The summed E-state index contributed by atoms with van der Waals surface area (Å²) in [5, 5.41) is 4.60. The highest BCUT2D eigenvalue weighted by atomic mass is 32.1. The molecule has 24 heavy (non-hydrogen) atoms. The van der Waals surface area contributed by atoms with Gasteiger partial charge in [0.25, 0.3) is 5.91 Å². The quantitative estimate of drug-likeness (QED) is 0.923. The summed E-state index contributed by atoms with van der Waals surface area (Å²) in [6.07, 6.45) is 0. The Morgan fingerprint density at radius 1 is 1.08 bits per heavy atom. The number of likely N-dealkylation sites (N-methyl/N-ethyl adjacent to an activating group) is 1. The fraction of sp³-hybridized carbons (Fsp3) is 0.333. The van der Waals surface area contributed by atoms with Gasteiger partial charge in [-0.25, -0.2) is 0 Å². The number of nitrogens with one attached hydrogen (secondary N) is 1. The van der Waals surface area contributed by atoms with Crippen molar-refractivity contribution < 1.29 is 9.59 Å². The average Bonchev–Trinajstić information content (AvgIpc) is 3.12. The standard InChI is InChI=1S/C18H21N3O2S/c1-19-16(22)13-20-8-10-21(11-9-20)18(23)17-15(7-12-24-17)14-5-3-2-4-6-14/h2-7,12H,8-11,13H2,1H3,(H,19,22). The zero-order valence-corrected chi connectivity index (χ0v) is 14.5. The van der Waals surface area contributed by atoms with Crippen LogP contribution in [0, 0.1) is 0 Å². The normalized spacial score (nSPS) is 15.3. The van der Waals surface area contributed by atoms with Crippen LogP contribution in [0.5, 0.6) is 0 Å². The van der Waals surface area contributed by atoms with Crippen LogP contribution in [-0.4, -0.2) is 61.4 Å². The summed E-state index contributed by atoms with van der Waals surface area (Å²) in [5.41, 5.74) is 2.07. The Morgan fingerprint density at radius 2 is 1.79 bits per heavy atom. The molecule has 3 rings (SSSR count). The van der Waals surface area contributed by atoms with Gasteiger partial charge >= 0.3 is 0 Å². The van der Waals surface area contributed by atoms with Crippen molar-refractivity contribution in [2.45, 2.75) is 0 Å². The molecule has 1 aromatic carbocycles. The Labute approximate surface area is 145 Å². The fourth-order valence-electron chi connectivity index (χ4n) is 2.85. The topological polar surface area (TPSA) is 52.7 Å². The molecule has 2 amide bonds. The van der Waals surface area contributed by atoms with Crippen molar-refractivity contribution in [1.82, 2.24) is 15.1 Å². The molecule has 6 heteroatoms. The molecule has 1 aliphatic rings. The van der Waals surface area contributed by atoms with Crippen molar-refractivity contribution in [2.24, 2.45) is 0 Å². The van der Waals surface area contributed by atoms with Crippen LogP contribution in [0.2, 0.25) is 0 Å². The number of hydrogen-bond acceptors (Lipinski definition) is 4. The molecule has 0 spiro atoms. The Bertz CT molecular complexity index is 706. The second-order valence-electron chi connectivity index (χ2n) is 5.77. The third kappa shape index (κ3) is 3.66. The second kappa shape index (κ2) is 7.59. The second-order valence-corrected chi connectivity index (χ2v) is 6.69. The van der Waals surface area contributed by atoms with E-state index < -0.39 is 0 Å². The molecular weight excluding hydrogens is 322 g/mol. The summed E-state index contributed by atoms with van der Waals surface area (Å²) in [6.45, 7) is 3.16. The molecule has 0 atom stereocenters. The summed E-state index contributed by atoms with van der Waals surface area (Å²) in [5.74, 6) is 0.0999. The molecule has 2 aromatic rings. The first-order chi connectivity index (χ1) is 11.7. The van der Waals surface area contributed by atoms with Crippen LogP contribution >= 0.6 is 11.3 Å². The molecule has 1 N–H and O–H groups in total. The molecule has 5 nitrogen and oxygen atoms in total. The average molecular weight is 343 g/mol. The van der Waals surface area contributed by atoms with Gasteiger partial charge in [-0.05, 0) is 17.0 Å². The van der Waals surface area contributed by atoms with Crippen molar-refractivity contribution in [2.75, 3.05) is 39.8 Å². The molecule has 1 saturated heterocycles. The number of hydrogen-bond donors (Lipinski definition) is 1. The molecule has 0 radical (unpaired) electrons. The van der Waals surface area contributed by atoms with Gasteiger partial charge in [-0.3, -0.25) is 14.5 Å². The van der Waals surface area contributed by atoms with Crippen LogP contribution in [0.25, 0.3) is 11.1 Å². The van der Waals surface area contributed by atoms with Crippen molar-refractivity contribution in [3.05, 3.63) is 46.7 Å². The lowest BCUT2D eigenvalue weighted by atomic mass is 10.1. The maximum Gasteiger partial charge on any atom is 0.264 e. The van der Waals surface area contributed by atoms with E-state index in [0.717, 1.165) is 29.1 Å². The summed E-state index contributed by atoms with van der Waals surface area (Å²) < 4.78 is 0. The maximum atomic E-state index is 12.9. The fourth-order valence-corrected chi connectivity index (χ4v) is 3.74. The van der Waals surface area contributed by atoms with Gasteiger partial charge in [-0.1, -0.05) is 30.3 Å². The lowest BCUT2D eigenvalue weighted by Gasteiger charge is -2.34. The molecular formula is C18H21N3O2S. The van der Waals surface area contributed by atoms with E-state index in [9.17, 15) is 9.59 Å². The number of piperazine rings is 1. The van der Waals surface area contributed by atoms with Gasteiger partial charge in [-0.15, -0.1) is 11.3 Å². The van der Waals surface area contributed by atoms with Gasteiger partial charge in [0.05, 0.1) is 11.4 Å². The van der Waals surface area contributed by atoms with Crippen LogP contribution in [0.15, 0.2) is 41.8 Å². The predicted octanol–water partition coefficient (Wildman–Crippen LogP) is 1.92. The highest BCUT2D eigenvalue weighted by molar-refractivity contribution is 7.12. The number of amides is 2. The predicted molar refractivity (Wildman–Crippen MR) is 96.2 cm³/mol. The van der Waals surface area contributed by atoms with E-state index in [2.05, 4.69) is 10.2 Å². The van der Waals surface area contributed by atoms with Crippen molar-refractivity contribution in [3.8, 4) is 11.1 Å². The van der Waals surface area contributed by atoms with Gasteiger partial charge in [0.15, 0.2) is 0 Å². The number of benzene rings is 1. The zero-order chi connectivity index (χ0) is 16.9. The Morgan fingerprint density at radius 3 is 2.46 bits per heavy atom. The first kappa shape index (κ1) is 16.7. The van der Waals surface area contributed by atoms with Crippen molar-refractivity contribution in [1.29, 1.82) is 0 Å². The molecule has 1 fully saturated rings. The zero-order valence-electron chi connectivity index (χ0n) is 13.7. The third-order valence-electron chi connectivity index (χ3n) is 4.25. The van der Waals surface area contributed by atoms with Gasteiger partial charge in [0.2, 0.25) is 5.91 Å². The highest BCUT2D eigenvalue weighted by Crippen LogP contribution is 2.29. The summed E-state index contributed by atoms with van der Waals surface area (Å²) in [4.78, 5) is 29.1. The van der Waals surface area contributed by atoms with E-state index >= 15 is 0 Å². The summed E-state index contributed by atoms with van der Waals surface area (Å²) in [6, 6.07) is 12.0. The molecule has 1 aromatic heterocycles. The Balaban J connectivity index is 1.67. The third-order valence-corrected chi connectivity index (χ3v) is 5.15. The van der Waals surface area contributed by atoms with Crippen molar-refractivity contribution in [3.63, 3.8) is 0 Å². The van der Waals surface area contributed by atoms with E-state index in [-0.39, 0.29) is 11.8 Å². The lowest BCUT2D eigenvalue weighted by molar-refractivity contribution is -0.122. The van der Waals surface area contributed by atoms with E-state index in [4.69, 9.17) is 0 Å². The molecule has 0 aliphatic carbocycles. The molecule has 126 valence electrons. The van der Waals surface area contributed by atoms with Crippen LogP contribution in [-0.2, 0) is 4.79 Å². The summed E-state index contributed by atoms with van der Waals surface area (Å²) >= 11 is 1.49. The smallest absolute Gasteiger partial charge is 0.264 e. The van der Waals surface area contributed by atoms with Crippen LogP contribution in [0.3, 0.4) is 0 Å². The van der Waals surface area contributed by atoms with E-state index in [1.54, 1.807) is 7.05 Å². The molecule has 1 aliphatic heterocycles. The minimum atomic E-state index is 0.0133. The lowest BCUT2D eigenvalue weighted by Crippen LogP contribution is -2.50. The number of rotatable bonds is 4. The molecule has 2 heterocycles. The molecule has 0 saturated carbocycles. The molecule has 0 unspecified atom stereocenters. The van der Waals surface area contributed by atoms with Crippen molar-refractivity contribution >= 4 is 23.2 Å². The SMILES string of the molecule is CNC(=O)CN1CCN(C(=O)c2sccc2-c2ccccc2)CC1. The summed E-state index contributed by atoms with van der Waals surface area (Å²) in [7, 11) is 1.64. The maximum absolute atomic E-state index is 12.9. The number of thiophene rings is 1. The number of carbonyl (C=O) groups is 2. The monoisotopic (exact) mass is 343 g/mol. The van der Waals surface area contributed by atoms with Crippen LogP contribution in [0.4, 0.5) is 0 Å². The van der Waals surface area contributed by atoms with Gasteiger partial charge < -0.3 is 10.2 Å². The van der Waals surface area contributed by atoms with E-state index in [0.29, 0.717) is 19.6 Å². The largest absolute Gasteiger partial charge is 0.358 e. The van der Waals surface area contributed by atoms with Gasteiger partial charge in [0.1, 0.15) is 0 Å². The van der Waals surface area contributed by atoms with Gasteiger partial charge in [0, 0.05) is 38.8 Å². The minimum Gasteiger partial charge on any atom is -0.358 e. The molecule has 0 bridgehead atoms. The number of nitrogens with zero attached hydrogens (tertiary/aromatic N) is 2. The first-order valence-corrected chi connectivity index (χ1v) is 8.92. The minimum absolute atomic E-state index is 0.0133. The van der Waals surface area contributed by atoms with E-state index in [1.165, 1.54) is 11.3 Å². The number of carbonyl (C=O) groups excluding carboxylic acids is 2. The highest BCUT2D eigenvalue weighted by Gasteiger charge is 2.25. The van der Waals surface area contributed by atoms with Gasteiger partial charge in [-0.2, -0.15) is 0 Å². The Hall–Kier alpha value is -2.18.